The fourth-order valence-corrected chi connectivity index (χ4v) is 2.15. The van der Waals surface area contributed by atoms with Crippen LogP contribution in [0.2, 0.25) is 10.3 Å². The highest BCUT2D eigenvalue weighted by atomic mass is 127. The van der Waals surface area contributed by atoms with Gasteiger partial charge in [-0.15, -0.1) is 0 Å². The Labute approximate surface area is 118 Å². The summed E-state index contributed by atoms with van der Waals surface area (Å²) >= 11 is 14.0. The summed E-state index contributed by atoms with van der Waals surface area (Å²) in [6.07, 6.45) is 0. The van der Waals surface area contributed by atoms with Gasteiger partial charge < -0.3 is 9.80 Å². The van der Waals surface area contributed by atoms with Crippen LogP contribution in [0.5, 0.6) is 0 Å². The first-order chi connectivity index (χ1) is 7.58. The number of hydrogen-bond acceptors (Lipinski definition) is 4. The zero-order valence-electron chi connectivity index (χ0n) is 8.75. The smallest absolute Gasteiger partial charge is 0.228 e. The second-order valence-electron chi connectivity index (χ2n) is 3.71. The molecular formula is C9H11Cl2IN4. The predicted octanol–water partition coefficient (Wildman–Crippen LogP) is 2.14. The van der Waals surface area contributed by atoms with Gasteiger partial charge >= 0.3 is 0 Å². The van der Waals surface area contributed by atoms with E-state index in [2.05, 4.69) is 26.8 Å². The molecule has 2 rings (SSSR count). The number of rotatable bonds is 1. The highest BCUT2D eigenvalue weighted by Crippen LogP contribution is 2.25. The van der Waals surface area contributed by atoms with Crippen molar-refractivity contribution in [3.8, 4) is 0 Å². The van der Waals surface area contributed by atoms with Crippen molar-refractivity contribution in [2.45, 2.75) is 0 Å². The lowest BCUT2D eigenvalue weighted by Gasteiger charge is -2.32. The summed E-state index contributed by atoms with van der Waals surface area (Å²) in [5.74, 6) is 0.628. The molecule has 0 aliphatic carbocycles. The van der Waals surface area contributed by atoms with E-state index in [4.69, 9.17) is 23.2 Å². The molecule has 0 radical (unpaired) electrons. The maximum atomic E-state index is 5.99. The van der Waals surface area contributed by atoms with Crippen LogP contribution in [0.25, 0.3) is 0 Å². The van der Waals surface area contributed by atoms with Crippen LogP contribution in [0.4, 0.5) is 5.95 Å². The standard InChI is InChI=1S/C9H11Cl2IN4/c1-15-2-4-16(5-3-15)9-13-7(10)6(12)8(11)14-9/h2-5H2,1H3. The van der Waals surface area contributed by atoms with Crippen LogP contribution in [-0.4, -0.2) is 48.1 Å². The highest BCUT2D eigenvalue weighted by molar-refractivity contribution is 14.1. The molecule has 0 aromatic carbocycles. The SMILES string of the molecule is CN1CCN(c2nc(Cl)c(I)c(Cl)n2)CC1. The van der Waals surface area contributed by atoms with Gasteiger partial charge in [0.05, 0.1) is 3.57 Å². The van der Waals surface area contributed by atoms with Crippen LogP contribution in [0.15, 0.2) is 0 Å². The minimum atomic E-state index is 0.425. The van der Waals surface area contributed by atoms with E-state index in [0.717, 1.165) is 26.2 Å². The van der Waals surface area contributed by atoms with Gasteiger partial charge in [0.15, 0.2) is 0 Å². The summed E-state index contributed by atoms with van der Waals surface area (Å²) < 4.78 is 0.707. The van der Waals surface area contributed by atoms with E-state index < -0.39 is 0 Å². The molecule has 16 heavy (non-hydrogen) atoms. The van der Waals surface area contributed by atoms with Crippen molar-refractivity contribution in [1.29, 1.82) is 0 Å². The summed E-state index contributed by atoms with van der Waals surface area (Å²) in [7, 11) is 2.10. The maximum absolute atomic E-state index is 5.99. The largest absolute Gasteiger partial charge is 0.338 e. The van der Waals surface area contributed by atoms with Crippen LogP contribution < -0.4 is 4.90 Å². The number of anilines is 1. The molecule has 4 nitrogen and oxygen atoms in total. The van der Waals surface area contributed by atoms with E-state index in [1.54, 1.807) is 0 Å². The monoisotopic (exact) mass is 372 g/mol. The predicted molar refractivity (Wildman–Crippen MR) is 74.5 cm³/mol. The van der Waals surface area contributed by atoms with E-state index in [0.29, 0.717) is 19.8 Å². The second-order valence-corrected chi connectivity index (χ2v) is 5.50. The van der Waals surface area contributed by atoms with E-state index in [1.807, 2.05) is 22.6 Å². The molecule has 1 fully saturated rings. The third kappa shape index (κ3) is 2.69. The molecule has 0 amide bonds. The molecule has 88 valence electrons. The molecular weight excluding hydrogens is 362 g/mol. The Morgan fingerprint density at radius 2 is 1.56 bits per heavy atom. The van der Waals surface area contributed by atoms with Crippen molar-refractivity contribution in [3.63, 3.8) is 0 Å². The number of halogens is 3. The van der Waals surface area contributed by atoms with Crippen LogP contribution in [0.3, 0.4) is 0 Å². The first-order valence-electron chi connectivity index (χ1n) is 4.90. The first-order valence-corrected chi connectivity index (χ1v) is 6.73. The molecule has 1 aromatic rings. The molecule has 1 saturated heterocycles. The Balaban J connectivity index is 2.21. The van der Waals surface area contributed by atoms with Crippen molar-refractivity contribution in [2.24, 2.45) is 0 Å². The van der Waals surface area contributed by atoms with Gasteiger partial charge in [-0.05, 0) is 29.6 Å². The highest BCUT2D eigenvalue weighted by Gasteiger charge is 2.18. The van der Waals surface area contributed by atoms with Gasteiger partial charge in [-0.3, -0.25) is 0 Å². The summed E-state index contributed by atoms with van der Waals surface area (Å²) in [5.41, 5.74) is 0. The summed E-state index contributed by atoms with van der Waals surface area (Å²) in [4.78, 5) is 12.9. The van der Waals surface area contributed by atoms with Crippen molar-refractivity contribution >= 4 is 51.7 Å². The molecule has 0 N–H and O–H groups in total. The number of nitrogens with zero attached hydrogens (tertiary/aromatic N) is 4. The van der Waals surface area contributed by atoms with Gasteiger partial charge in [0, 0.05) is 26.2 Å². The Hall–Kier alpha value is 0.150. The molecule has 0 saturated carbocycles. The van der Waals surface area contributed by atoms with Gasteiger partial charge in [0.1, 0.15) is 10.3 Å². The van der Waals surface area contributed by atoms with Crippen molar-refractivity contribution in [2.75, 3.05) is 38.1 Å². The Morgan fingerprint density at radius 1 is 1.06 bits per heavy atom. The lowest BCUT2D eigenvalue weighted by molar-refractivity contribution is 0.311. The fourth-order valence-electron chi connectivity index (χ4n) is 1.53. The fraction of sp³-hybridized carbons (Fsp3) is 0.556. The molecule has 7 heteroatoms. The second kappa shape index (κ2) is 5.20. The zero-order valence-corrected chi connectivity index (χ0v) is 12.4. The molecule has 1 aromatic heterocycles. The third-order valence-electron chi connectivity index (χ3n) is 2.54. The first kappa shape index (κ1) is 12.6. The van der Waals surface area contributed by atoms with Crippen LogP contribution in [0, 0.1) is 3.57 Å². The molecule has 0 unspecified atom stereocenters. The number of likely N-dealkylation sites (N-methyl/N-ethyl adjacent to an activating group) is 1. The maximum Gasteiger partial charge on any atom is 0.228 e. The van der Waals surface area contributed by atoms with Crippen molar-refractivity contribution < 1.29 is 0 Å². The molecule has 0 spiro atoms. The van der Waals surface area contributed by atoms with Gasteiger partial charge in [-0.1, -0.05) is 23.2 Å². The average molecular weight is 373 g/mol. The molecule has 2 heterocycles. The van der Waals surface area contributed by atoms with Gasteiger partial charge in [-0.25, -0.2) is 0 Å². The van der Waals surface area contributed by atoms with Crippen molar-refractivity contribution in [1.82, 2.24) is 14.9 Å². The summed E-state index contributed by atoms with van der Waals surface area (Å²) in [5, 5.41) is 0.851. The van der Waals surface area contributed by atoms with Crippen molar-refractivity contribution in [3.05, 3.63) is 13.9 Å². The van der Waals surface area contributed by atoms with E-state index >= 15 is 0 Å². The van der Waals surface area contributed by atoms with Crippen LogP contribution >= 0.6 is 45.8 Å². The lowest BCUT2D eigenvalue weighted by Crippen LogP contribution is -2.45. The topological polar surface area (TPSA) is 32.3 Å². The average Bonchev–Trinajstić information content (AvgIpc) is 2.26. The van der Waals surface area contributed by atoms with Crippen LogP contribution in [-0.2, 0) is 0 Å². The Bertz CT molecular complexity index is 370. The zero-order chi connectivity index (χ0) is 11.7. The van der Waals surface area contributed by atoms with Crippen LogP contribution in [0.1, 0.15) is 0 Å². The Morgan fingerprint density at radius 3 is 2.06 bits per heavy atom. The van der Waals surface area contributed by atoms with Gasteiger partial charge in [0.2, 0.25) is 5.95 Å². The molecule has 0 atom stereocenters. The van der Waals surface area contributed by atoms with E-state index in [-0.39, 0.29) is 0 Å². The molecule has 1 aliphatic heterocycles. The van der Waals surface area contributed by atoms with E-state index in [9.17, 15) is 0 Å². The normalized spacial score (nSPS) is 17.9. The number of aromatic nitrogens is 2. The van der Waals surface area contributed by atoms with Gasteiger partial charge in [-0.2, -0.15) is 9.97 Å². The summed E-state index contributed by atoms with van der Waals surface area (Å²) in [6.45, 7) is 3.82. The lowest BCUT2D eigenvalue weighted by atomic mass is 10.3. The van der Waals surface area contributed by atoms with Gasteiger partial charge in [0.25, 0.3) is 0 Å². The number of piperazine rings is 1. The number of hydrogen-bond donors (Lipinski definition) is 0. The minimum Gasteiger partial charge on any atom is -0.338 e. The minimum absolute atomic E-state index is 0.425. The molecule has 0 bridgehead atoms. The Kier molecular flexibility index (Phi) is 4.10. The third-order valence-corrected chi connectivity index (χ3v) is 4.75. The quantitative estimate of drug-likeness (QED) is 0.558. The summed E-state index contributed by atoms with van der Waals surface area (Å²) in [6, 6.07) is 0. The van der Waals surface area contributed by atoms with E-state index in [1.165, 1.54) is 0 Å². The molecule has 1 aliphatic rings.